The number of aliphatic hydroxyl groups is 1. The van der Waals surface area contributed by atoms with Crippen LogP contribution >= 0.6 is 0 Å². The Kier molecular flexibility index (Phi) is 8.40. The average Bonchev–Trinajstić information content (AvgIpc) is 2.74. The molecule has 0 spiro atoms. The number of aromatic nitrogens is 2. The Hall–Kier alpha value is -2.02. The summed E-state index contributed by atoms with van der Waals surface area (Å²) in [4.78, 5) is 12.9. The highest BCUT2D eigenvalue weighted by molar-refractivity contribution is 5.28. The third kappa shape index (κ3) is 7.38. The van der Waals surface area contributed by atoms with Crippen LogP contribution < -0.4 is 4.74 Å². The topological polar surface area (TPSA) is 61.7 Å². The first-order valence-electron chi connectivity index (χ1n) is 10.6. The van der Waals surface area contributed by atoms with E-state index in [9.17, 15) is 5.11 Å². The number of ether oxygens (including phenoxy) is 1. The van der Waals surface area contributed by atoms with Crippen molar-refractivity contribution >= 4 is 0 Å². The molecular weight excluding hydrogens is 364 g/mol. The smallest absolute Gasteiger partial charge is 0.119 e. The lowest BCUT2D eigenvalue weighted by Crippen LogP contribution is -2.40. The van der Waals surface area contributed by atoms with Crippen molar-refractivity contribution < 1.29 is 9.84 Å². The monoisotopic (exact) mass is 398 g/mol. The van der Waals surface area contributed by atoms with Gasteiger partial charge in [-0.1, -0.05) is 31.4 Å². The molecule has 1 aliphatic rings. The third-order valence-corrected chi connectivity index (χ3v) is 5.54. The molecule has 158 valence electrons. The Bertz CT molecular complexity index is 722. The first kappa shape index (κ1) is 21.7. The fourth-order valence-corrected chi connectivity index (χ4v) is 4.04. The van der Waals surface area contributed by atoms with Crippen molar-refractivity contribution in [1.82, 2.24) is 19.8 Å². The van der Waals surface area contributed by atoms with Crippen LogP contribution in [-0.4, -0.2) is 64.3 Å². The Morgan fingerprint density at radius 3 is 2.72 bits per heavy atom. The maximum Gasteiger partial charge on any atom is 0.119 e. The van der Waals surface area contributed by atoms with Gasteiger partial charge in [0.2, 0.25) is 0 Å². The molecule has 1 saturated carbocycles. The fourth-order valence-electron chi connectivity index (χ4n) is 4.04. The zero-order valence-corrected chi connectivity index (χ0v) is 17.7. The van der Waals surface area contributed by atoms with Gasteiger partial charge in [0.25, 0.3) is 0 Å². The van der Waals surface area contributed by atoms with Gasteiger partial charge in [-0.05, 0) is 44.6 Å². The summed E-state index contributed by atoms with van der Waals surface area (Å²) in [7, 11) is 4.18. The lowest BCUT2D eigenvalue weighted by atomic mass is 9.94. The molecule has 0 unspecified atom stereocenters. The highest BCUT2D eigenvalue weighted by Gasteiger charge is 2.20. The summed E-state index contributed by atoms with van der Waals surface area (Å²) in [5, 5.41) is 10.4. The van der Waals surface area contributed by atoms with Gasteiger partial charge in [-0.25, -0.2) is 0 Å². The van der Waals surface area contributed by atoms with Crippen LogP contribution in [0.5, 0.6) is 5.75 Å². The maximum atomic E-state index is 10.4. The van der Waals surface area contributed by atoms with Gasteiger partial charge in [0.05, 0.1) is 5.69 Å². The van der Waals surface area contributed by atoms with Crippen molar-refractivity contribution in [1.29, 1.82) is 0 Å². The summed E-state index contributed by atoms with van der Waals surface area (Å²) >= 11 is 0. The van der Waals surface area contributed by atoms with Gasteiger partial charge in [0, 0.05) is 44.3 Å². The molecule has 1 aromatic carbocycles. The minimum absolute atomic E-state index is 0.315. The molecule has 1 aromatic heterocycles. The molecule has 1 fully saturated rings. The Morgan fingerprint density at radius 2 is 1.97 bits per heavy atom. The largest absolute Gasteiger partial charge is 0.491 e. The lowest BCUT2D eigenvalue weighted by Gasteiger charge is -2.32. The predicted molar refractivity (Wildman–Crippen MR) is 115 cm³/mol. The molecule has 29 heavy (non-hydrogen) atoms. The van der Waals surface area contributed by atoms with Crippen LogP contribution in [0.4, 0.5) is 0 Å². The van der Waals surface area contributed by atoms with E-state index in [0.29, 0.717) is 19.2 Å². The van der Waals surface area contributed by atoms with Crippen molar-refractivity contribution in [3.05, 3.63) is 54.1 Å². The van der Waals surface area contributed by atoms with Crippen molar-refractivity contribution in [3.8, 4) is 5.75 Å². The second kappa shape index (κ2) is 11.2. The predicted octanol–water partition coefficient (Wildman–Crippen LogP) is 3.11. The molecule has 6 nitrogen and oxygen atoms in total. The lowest BCUT2D eigenvalue weighted by molar-refractivity contribution is 0.0561. The normalized spacial score (nSPS) is 16.3. The second-order valence-electron chi connectivity index (χ2n) is 8.21. The van der Waals surface area contributed by atoms with Crippen molar-refractivity contribution in [2.75, 3.05) is 27.2 Å². The molecule has 0 saturated heterocycles. The highest BCUT2D eigenvalue weighted by atomic mass is 16.5. The first-order chi connectivity index (χ1) is 14.1. The van der Waals surface area contributed by atoms with Crippen LogP contribution in [0, 0.1) is 0 Å². The molecule has 0 amide bonds. The van der Waals surface area contributed by atoms with Gasteiger partial charge in [-0.3, -0.25) is 14.9 Å². The summed E-state index contributed by atoms with van der Waals surface area (Å²) in [6.07, 6.45) is 11.2. The van der Waals surface area contributed by atoms with E-state index >= 15 is 0 Å². The van der Waals surface area contributed by atoms with E-state index < -0.39 is 6.10 Å². The quantitative estimate of drug-likeness (QED) is 0.664. The summed E-state index contributed by atoms with van der Waals surface area (Å²) in [6.45, 7) is 2.51. The van der Waals surface area contributed by atoms with Crippen LogP contribution in [0.2, 0.25) is 0 Å². The molecule has 1 atom stereocenters. The van der Waals surface area contributed by atoms with E-state index in [-0.39, 0.29) is 0 Å². The molecule has 1 heterocycles. The van der Waals surface area contributed by atoms with Gasteiger partial charge in [0.15, 0.2) is 0 Å². The first-order valence-corrected chi connectivity index (χ1v) is 10.6. The molecule has 3 rings (SSSR count). The highest BCUT2D eigenvalue weighted by Crippen LogP contribution is 2.22. The minimum Gasteiger partial charge on any atom is -0.491 e. The van der Waals surface area contributed by atoms with E-state index in [1.54, 1.807) is 18.6 Å². The van der Waals surface area contributed by atoms with E-state index in [2.05, 4.69) is 39.9 Å². The minimum atomic E-state index is -0.482. The SMILES string of the molecule is CN(Cc1cccc(OC[C@H](O)CN(C)C2CCCCC2)c1)Cc1cnccn1. The van der Waals surface area contributed by atoms with Crippen molar-refractivity contribution in [2.45, 2.75) is 57.3 Å². The number of likely N-dealkylation sites (N-methyl/N-ethyl adjacent to an activating group) is 1. The average molecular weight is 399 g/mol. The standard InChI is InChI=1S/C23H34N4O2/c1-26(16-20-14-24-11-12-25-20)15-19-7-6-10-23(13-19)29-18-22(28)17-27(2)21-8-4-3-5-9-21/h6-7,10-14,21-22,28H,3-5,8-9,15-18H2,1-2H3/t22-/m1/s1. The Labute approximate surface area is 174 Å². The second-order valence-corrected chi connectivity index (χ2v) is 8.21. The van der Waals surface area contributed by atoms with E-state index in [0.717, 1.165) is 24.5 Å². The number of hydrogen-bond donors (Lipinski definition) is 1. The summed E-state index contributed by atoms with van der Waals surface area (Å²) in [5.74, 6) is 0.801. The third-order valence-electron chi connectivity index (χ3n) is 5.54. The number of nitrogens with zero attached hydrogens (tertiary/aromatic N) is 4. The summed E-state index contributed by atoms with van der Waals surface area (Å²) in [6, 6.07) is 8.69. The molecule has 1 N–H and O–H groups in total. The molecule has 2 aromatic rings. The van der Waals surface area contributed by atoms with Gasteiger partial charge in [-0.2, -0.15) is 0 Å². The van der Waals surface area contributed by atoms with E-state index in [4.69, 9.17) is 4.74 Å². The number of aliphatic hydroxyl groups excluding tert-OH is 1. The van der Waals surface area contributed by atoms with E-state index in [1.807, 2.05) is 18.2 Å². The van der Waals surface area contributed by atoms with Crippen LogP contribution in [0.25, 0.3) is 0 Å². The van der Waals surface area contributed by atoms with Crippen LogP contribution in [-0.2, 0) is 13.1 Å². The molecule has 0 radical (unpaired) electrons. The number of hydrogen-bond acceptors (Lipinski definition) is 6. The zero-order valence-electron chi connectivity index (χ0n) is 17.7. The van der Waals surface area contributed by atoms with Crippen LogP contribution in [0.15, 0.2) is 42.9 Å². The number of benzene rings is 1. The Balaban J connectivity index is 1.44. The van der Waals surface area contributed by atoms with Crippen LogP contribution in [0.3, 0.4) is 0 Å². The summed E-state index contributed by atoms with van der Waals surface area (Å²) < 4.78 is 5.88. The summed E-state index contributed by atoms with van der Waals surface area (Å²) in [5.41, 5.74) is 2.12. The van der Waals surface area contributed by atoms with Gasteiger partial charge in [0.1, 0.15) is 18.5 Å². The zero-order chi connectivity index (χ0) is 20.5. The van der Waals surface area contributed by atoms with Gasteiger partial charge >= 0.3 is 0 Å². The number of rotatable bonds is 10. The molecular formula is C23H34N4O2. The molecule has 0 aliphatic heterocycles. The van der Waals surface area contributed by atoms with Crippen molar-refractivity contribution in [2.24, 2.45) is 0 Å². The molecule has 1 aliphatic carbocycles. The Morgan fingerprint density at radius 1 is 1.14 bits per heavy atom. The van der Waals surface area contributed by atoms with Crippen LogP contribution in [0.1, 0.15) is 43.4 Å². The maximum absolute atomic E-state index is 10.4. The van der Waals surface area contributed by atoms with Gasteiger partial charge in [-0.15, -0.1) is 0 Å². The molecule has 6 heteroatoms. The fraction of sp³-hybridized carbons (Fsp3) is 0.565. The van der Waals surface area contributed by atoms with Gasteiger partial charge < -0.3 is 14.7 Å². The van der Waals surface area contributed by atoms with Crippen molar-refractivity contribution in [3.63, 3.8) is 0 Å². The molecule has 0 bridgehead atoms. The van der Waals surface area contributed by atoms with E-state index in [1.165, 1.54) is 37.7 Å².